The van der Waals surface area contributed by atoms with E-state index >= 15 is 0 Å². The average Bonchev–Trinajstić information content (AvgIpc) is 2.76. The van der Waals surface area contributed by atoms with Crippen LogP contribution in [-0.2, 0) is 14.4 Å². The maximum Gasteiger partial charge on any atom is 0.317 e. The van der Waals surface area contributed by atoms with Crippen molar-refractivity contribution >= 4 is 23.6 Å². The van der Waals surface area contributed by atoms with E-state index in [0.717, 1.165) is 44.9 Å². The maximum atomic E-state index is 13.4. The minimum absolute atomic E-state index is 0.0493. The number of hydrogen-bond donors (Lipinski definition) is 4. The fourth-order valence-corrected chi connectivity index (χ4v) is 4.75. The van der Waals surface area contributed by atoms with Crippen LogP contribution in [0.2, 0.25) is 0 Å². The number of carboxylic acid groups (broad SMARTS) is 1. The van der Waals surface area contributed by atoms with E-state index in [1.807, 2.05) is 0 Å². The van der Waals surface area contributed by atoms with Gasteiger partial charge in [-0.05, 0) is 44.4 Å². The third kappa shape index (κ3) is 8.85. The second kappa shape index (κ2) is 13.3. The fraction of sp³-hybridized carbons (Fsp3) is 0.818. The van der Waals surface area contributed by atoms with Gasteiger partial charge in [-0.3, -0.25) is 24.7 Å². The van der Waals surface area contributed by atoms with Gasteiger partial charge in [0.25, 0.3) is 0 Å². The van der Waals surface area contributed by atoms with E-state index in [0.29, 0.717) is 44.7 Å². The zero-order valence-corrected chi connectivity index (χ0v) is 18.6. The summed E-state index contributed by atoms with van der Waals surface area (Å²) in [4.78, 5) is 43.1. The summed E-state index contributed by atoms with van der Waals surface area (Å²) >= 11 is 0. The molecule has 2 fully saturated rings. The minimum Gasteiger partial charge on any atom is -0.480 e. The van der Waals surface area contributed by atoms with E-state index in [-0.39, 0.29) is 24.2 Å². The lowest BCUT2D eigenvalue weighted by atomic mass is 9.84. The van der Waals surface area contributed by atoms with E-state index in [2.05, 4.69) is 10.3 Å². The number of hydrogen-bond acceptors (Lipinski definition) is 5. The monoisotopic (exact) mass is 437 g/mol. The van der Waals surface area contributed by atoms with Crippen LogP contribution in [0.15, 0.2) is 4.99 Å². The number of carboxylic acids is 1. The molecular formula is C22H39N5O4. The van der Waals surface area contributed by atoms with E-state index < -0.39 is 18.1 Å². The molecule has 2 aliphatic rings. The van der Waals surface area contributed by atoms with Crippen LogP contribution in [0.25, 0.3) is 0 Å². The Morgan fingerprint density at radius 2 is 1.74 bits per heavy atom. The lowest BCUT2D eigenvalue weighted by molar-refractivity contribution is -0.144. The number of carbonyl (C=O) groups is 3. The molecule has 31 heavy (non-hydrogen) atoms. The molecule has 1 heterocycles. The van der Waals surface area contributed by atoms with Gasteiger partial charge in [-0.1, -0.05) is 32.1 Å². The number of aliphatic imine (C=N–C) groups is 1. The first-order valence-electron chi connectivity index (χ1n) is 11.7. The van der Waals surface area contributed by atoms with Crippen molar-refractivity contribution in [3.63, 3.8) is 0 Å². The molecule has 0 aromatic carbocycles. The highest BCUT2D eigenvalue weighted by atomic mass is 16.4. The van der Waals surface area contributed by atoms with Crippen LogP contribution >= 0.6 is 0 Å². The predicted octanol–water partition coefficient (Wildman–Crippen LogP) is 1.39. The lowest BCUT2D eigenvalue weighted by Crippen LogP contribution is -2.55. The number of nitrogens with zero attached hydrogens (tertiary/aromatic N) is 2. The minimum atomic E-state index is -0.978. The number of nitrogens with two attached hydrogens (primary N) is 2. The Hall–Kier alpha value is -2.16. The van der Waals surface area contributed by atoms with Gasteiger partial charge in [0.1, 0.15) is 0 Å². The number of piperidine rings is 1. The van der Waals surface area contributed by atoms with Crippen molar-refractivity contribution in [1.29, 1.82) is 0 Å². The highest BCUT2D eigenvalue weighted by Crippen LogP contribution is 2.29. The maximum absolute atomic E-state index is 13.4. The molecule has 9 nitrogen and oxygen atoms in total. The van der Waals surface area contributed by atoms with Crippen molar-refractivity contribution in [2.24, 2.45) is 22.4 Å². The Bertz CT molecular complexity index is 629. The molecule has 1 aliphatic carbocycles. The van der Waals surface area contributed by atoms with Crippen LogP contribution in [-0.4, -0.2) is 65.3 Å². The van der Waals surface area contributed by atoms with Gasteiger partial charge in [-0.2, -0.15) is 0 Å². The molecule has 176 valence electrons. The molecule has 9 heteroatoms. The average molecular weight is 438 g/mol. The summed E-state index contributed by atoms with van der Waals surface area (Å²) in [5, 5.41) is 12.1. The zero-order chi connectivity index (χ0) is 22.6. The number of likely N-dealkylation sites (tertiary alicyclic amines) is 1. The highest BCUT2D eigenvalue weighted by Gasteiger charge is 2.36. The molecule has 1 amide bonds. The summed E-state index contributed by atoms with van der Waals surface area (Å²) in [7, 11) is 0. The Labute approximate surface area is 185 Å². The largest absolute Gasteiger partial charge is 0.480 e. The molecule has 0 bridgehead atoms. The summed E-state index contributed by atoms with van der Waals surface area (Å²) < 4.78 is 0. The summed E-state index contributed by atoms with van der Waals surface area (Å²) in [6.45, 7) is 0.797. The number of nitrogens with one attached hydrogen (secondary N) is 1. The number of carbonyl (C=O) groups excluding carboxylic acids is 2. The first-order valence-corrected chi connectivity index (χ1v) is 11.7. The molecule has 2 atom stereocenters. The zero-order valence-electron chi connectivity index (χ0n) is 18.6. The Morgan fingerprint density at radius 3 is 2.42 bits per heavy atom. The molecule has 0 aromatic rings. The fourth-order valence-electron chi connectivity index (χ4n) is 4.75. The van der Waals surface area contributed by atoms with Crippen molar-refractivity contribution in [2.45, 2.75) is 89.1 Å². The van der Waals surface area contributed by atoms with Crippen molar-refractivity contribution in [2.75, 3.05) is 19.6 Å². The van der Waals surface area contributed by atoms with Crippen LogP contribution in [0.3, 0.4) is 0 Å². The number of guanidine groups is 1. The topological polar surface area (TPSA) is 151 Å². The third-order valence-corrected chi connectivity index (χ3v) is 6.37. The summed E-state index contributed by atoms with van der Waals surface area (Å²) in [5.41, 5.74) is 10.6. The van der Waals surface area contributed by atoms with Crippen molar-refractivity contribution in [3.05, 3.63) is 0 Å². The quantitative estimate of drug-likeness (QED) is 0.205. The van der Waals surface area contributed by atoms with Gasteiger partial charge in [-0.25, -0.2) is 0 Å². The van der Waals surface area contributed by atoms with Crippen molar-refractivity contribution in [1.82, 2.24) is 10.2 Å². The Balaban J connectivity index is 1.98. The molecular weight excluding hydrogens is 398 g/mol. The normalized spacial score (nSPS) is 20.8. The van der Waals surface area contributed by atoms with Crippen molar-refractivity contribution in [3.8, 4) is 0 Å². The van der Waals surface area contributed by atoms with E-state index in [4.69, 9.17) is 16.6 Å². The standard InChI is InChI=1S/C22H39N5O4/c23-22(24)25-12-6-4-11-19(28)18-10-5-7-13-27(18)21(31)17(26-15-20(29)30)14-16-8-2-1-3-9-16/h16-18,26H,1-15H2,(H,29,30)(H4,23,24,25). The molecule has 1 aliphatic heterocycles. The second-order valence-corrected chi connectivity index (χ2v) is 8.84. The predicted molar refractivity (Wildman–Crippen MR) is 120 cm³/mol. The third-order valence-electron chi connectivity index (χ3n) is 6.37. The van der Waals surface area contributed by atoms with Gasteiger partial charge in [0.05, 0.1) is 18.6 Å². The van der Waals surface area contributed by atoms with Crippen LogP contribution in [0.5, 0.6) is 0 Å². The van der Waals surface area contributed by atoms with Crippen LogP contribution in [0, 0.1) is 5.92 Å². The SMILES string of the molecule is NC(N)=NCCCCC(=O)C1CCCCN1C(=O)C(CC1CCCCC1)NCC(=O)O. The first kappa shape index (κ1) is 25.1. The van der Waals surface area contributed by atoms with Gasteiger partial charge < -0.3 is 21.5 Å². The highest BCUT2D eigenvalue weighted by molar-refractivity contribution is 5.91. The number of unbranched alkanes of at least 4 members (excludes halogenated alkanes) is 1. The molecule has 1 saturated carbocycles. The Kier molecular flexibility index (Phi) is 10.8. The smallest absolute Gasteiger partial charge is 0.317 e. The molecule has 0 aromatic heterocycles. The molecule has 2 rings (SSSR count). The Morgan fingerprint density at radius 1 is 1.03 bits per heavy atom. The van der Waals surface area contributed by atoms with Crippen molar-refractivity contribution < 1.29 is 19.5 Å². The molecule has 2 unspecified atom stereocenters. The number of rotatable bonds is 12. The molecule has 1 saturated heterocycles. The first-order chi connectivity index (χ1) is 14.9. The van der Waals surface area contributed by atoms with Crippen LogP contribution < -0.4 is 16.8 Å². The summed E-state index contributed by atoms with van der Waals surface area (Å²) in [5.74, 6) is -0.544. The van der Waals surface area contributed by atoms with Gasteiger partial charge in [0.2, 0.25) is 5.91 Å². The van der Waals surface area contributed by atoms with E-state index in [9.17, 15) is 14.4 Å². The lowest BCUT2D eigenvalue weighted by Gasteiger charge is -2.38. The van der Waals surface area contributed by atoms with Gasteiger partial charge >= 0.3 is 5.97 Å². The summed E-state index contributed by atoms with van der Waals surface area (Å²) in [6, 6.07) is -0.959. The summed E-state index contributed by atoms with van der Waals surface area (Å²) in [6.07, 6.45) is 10.6. The number of ketones is 1. The molecule has 0 spiro atoms. The number of Topliss-reactive ketones (excluding diaryl/α,β-unsaturated/α-hetero) is 1. The molecule has 0 radical (unpaired) electrons. The van der Waals surface area contributed by atoms with Crippen LogP contribution in [0.1, 0.15) is 77.0 Å². The second-order valence-electron chi connectivity index (χ2n) is 8.84. The number of aliphatic carboxylic acids is 1. The van der Waals surface area contributed by atoms with Crippen LogP contribution in [0.4, 0.5) is 0 Å². The van der Waals surface area contributed by atoms with E-state index in [1.165, 1.54) is 6.42 Å². The van der Waals surface area contributed by atoms with Gasteiger partial charge in [-0.15, -0.1) is 0 Å². The molecule has 6 N–H and O–H groups in total. The van der Waals surface area contributed by atoms with Gasteiger partial charge in [0, 0.05) is 19.5 Å². The number of amides is 1. The van der Waals surface area contributed by atoms with E-state index in [1.54, 1.807) is 4.90 Å². The van der Waals surface area contributed by atoms with Gasteiger partial charge in [0.15, 0.2) is 11.7 Å².